The monoisotopic (exact) mass is 242 g/mol. The van der Waals surface area contributed by atoms with Crippen LogP contribution in [0.5, 0.6) is 0 Å². The molecule has 84 valence electrons. The maximum absolute atomic E-state index is 5.55. The van der Waals surface area contributed by atoms with Gasteiger partial charge in [-0.2, -0.15) is 0 Å². The molecule has 0 aliphatic heterocycles. The summed E-state index contributed by atoms with van der Waals surface area (Å²) < 4.78 is 0. The lowest BCUT2D eigenvalue weighted by atomic mass is 10.1. The van der Waals surface area contributed by atoms with Crippen molar-refractivity contribution in [3.8, 4) is 10.6 Å². The van der Waals surface area contributed by atoms with Gasteiger partial charge in [0.1, 0.15) is 10.0 Å². The minimum Gasteiger partial charge on any atom is -0.324 e. The predicted octanol–water partition coefficient (Wildman–Crippen LogP) is 2.21. The van der Waals surface area contributed by atoms with Crippen molar-refractivity contribution in [1.82, 2.24) is 15.2 Å². The lowest BCUT2D eigenvalue weighted by Gasteiger charge is -2.00. The molecule has 0 amide bonds. The summed E-state index contributed by atoms with van der Waals surface area (Å²) in [6.45, 7) is 0.426. The van der Waals surface area contributed by atoms with Crippen LogP contribution in [-0.4, -0.2) is 15.2 Å². The molecule has 17 heavy (non-hydrogen) atoms. The van der Waals surface area contributed by atoms with Gasteiger partial charge in [-0.1, -0.05) is 29.5 Å². The average Bonchev–Trinajstić information content (AvgIpc) is 2.87. The molecular formula is C12H10N4S. The Morgan fingerprint density at radius 1 is 1.12 bits per heavy atom. The molecule has 0 spiro atoms. The fourth-order valence-corrected chi connectivity index (χ4v) is 2.47. The SMILES string of the molecule is NCc1nnc(-c2cccc3cccnc23)s1. The van der Waals surface area contributed by atoms with Crippen LogP contribution in [-0.2, 0) is 6.54 Å². The molecule has 0 bridgehead atoms. The molecule has 0 atom stereocenters. The Hall–Kier alpha value is -1.85. The van der Waals surface area contributed by atoms with Crippen LogP contribution in [0.25, 0.3) is 21.5 Å². The summed E-state index contributed by atoms with van der Waals surface area (Å²) in [7, 11) is 0. The first kappa shape index (κ1) is 10.3. The van der Waals surface area contributed by atoms with Gasteiger partial charge in [0.2, 0.25) is 0 Å². The van der Waals surface area contributed by atoms with Crippen LogP contribution in [0, 0.1) is 0 Å². The molecule has 2 aromatic heterocycles. The Morgan fingerprint density at radius 3 is 2.82 bits per heavy atom. The van der Waals surface area contributed by atoms with Crippen LogP contribution in [0.3, 0.4) is 0 Å². The summed E-state index contributed by atoms with van der Waals surface area (Å²) in [4.78, 5) is 4.40. The van der Waals surface area contributed by atoms with Gasteiger partial charge < -0.3 is 5.73 Å². The smallest absolute Gasteiger partial charge is 0.150 e. The third-order valence-corrected chi connectivity index (χ3v) is 3.48. The Kier molecular flexibility index (Phi) is 2.55. The van der Waals surface area contributed by atoms with Crippen molar-refractivity contribution in [3.05, 3.63) is 41.5 Å². The second-order valence-electron chi connectivity index (χ2n) is 3.59. The molecule has 0 aliphatic carbocycles. The molecule has 4 nitrogen and oxygen atoms in total. The van der Waals surface area contributed by atoms with Crippen molar-refractivity contribution < 1.29 is 0 Å². The van der Waals surface area contributed by atoms with Gasteiger partial charge in [0.25, 0.3) is 0 Å². The third-order valence-electron chi connectivity index (χ3n) is 2.50. The van der Waals surface area contributed by atoms with E-state index in [9.17, 15) is 0 Å². The fourth-order valence-electron chi connectivity index (χ4n) is 1.72. The van der Waals surface area contributed by atoms with E-state index in [0.717, 1.165) is 26.5 Å². The van der Waals surface area contributed by atoms with E-state index in [-0.39, 0.29) is 0 Å². The molecular weight excluding hydrogens is 232 g/mol. The molecule has 0 unspecified atom stereocenters. The number of nitrogens with zero attached hydrogens (tertiary/aromatic N) is 3. The van der Waals surface area contributed by atoms with Gasteiger partial charge in [0, 0.05) is 23.7 Å². The summed E-state index contributed by atoms with van der Waals surface area (Å²) in [6.07, 6.45) is 1.79. The number of fused-ring (bicyclic) bond motifs is 1. The van der Waals surface area contributed by atoms with Crippen LogP contribution in [0.15, 0.2) is 36.5 Å². The normalized spacial score (nSPS) is 10.9. The van der Waals surface area contributed by atoms with Crippen molar-refractivity contribution in [2.45, 2.75) is 6.54 Å². The van der Waals surface area contributed by atoms with Crippen LogP contribution in [0.2, 0.25) is 0 Å². The number of pyridine rings is 1. The molecule has 1 aromatic carbocycles. The first-order chi connectivity index (χ1) is 8.38. The molecule has 3 rings (SSSR count). The van der Waals surface area contributed by atoms with E-state index in [2.05, 4.69) is 15.2 Å². The van der Waals surface area contributed by atoms with Gasteiger partial charge in [0.05, 0.1) is 5.52 Å². The zero-order chi connectivity index (χ0) is 11.7. The van der Waals surface area contributed by atoms with Crippen molar-refractivity contribution in [3.63, 3.8) is 0 Å². The maximum atomic E-state index is 5.55. The molecule has 0 radical (unpaired) electrons. The van der Waals surface area contributed by atoms with E-state index in [1.165, 1.54) is 11.3 Å². The number of nitrogens with two attached hydrogens (primary N) is 1. The Labute approximate surface area is 102 Å². The van der Waals surface area contributed by atoms with E-state index in [0.29, 0.717) is 6.54 Å². The van der Waals surface area contributed by atoms with Crippen LogP contribution < -0.4 is 5.73 Å². The van der Waals surface area contributed by atoms with Gasteiger partial charge >= 0.3 is 0 Å². The number of rotatable bonds is 2. The highest BCUT2D eigenvalue weighted by Crippen LogP contribution is 2.29. The topological polar surface area (TPSA) is 64.7 Å². The highest BCUT2D eigenvalue weighted by molar-refractivity contribution is 7.14. The molecule has 0 saturated carbocycles. The van der Waals surface area contributed by atoms with E-state index in [4.69, 9.17) is 5.73 Å². The molecule has 0 aliphatic rings. The minimum absolute atomic E-state index is 0.426. The van der Waals surface area contributed by atoms with Gasteiger partial charge in [-0.3, -0.25) is 4.98 Å². The van der Waals surface area contributed by atoms with Crippen molar-refractivity contribution in [1.29, 1.82) is 0 Å². The van der Waals surface area contributed by atoms with Gasteiger partial charge in [0.15, 0.2) is 0 Å². The number of aromatic nitrogens is 3. The number of hydrogen-bond acceptors (Lipinski definition) is 5. The van der Waals surface area contributed by atoms with E-state index >= 15 is 0 Å². The van der Waals surface area contributed by atoms with Crippen molar-refractivity contribution in [2.24, 2.45) is 5.73 Å². The summed E-state index contributed by atoms with van der Waals surface area (Å²) >= 11 is 1.51. The lowest BCUT2D eigenvalue weighted by Crippen LogP contribution is -1.94. The van der Waals surface area contributed by atoms with E-state index in [1.807, 2.05) is 30.3 Å². The van der Waals surface area contributed by atoms with Gasteiger partial charge in [-0.05, 0) is 12.1 Å². The van der Waals surface area contributed by atoms with Crippen molar-refractivity contribution >= 4 is 22.2 Å². The highest BCUT2D eigenvalue weighted by atomic mass is 32.1. The molecule has 2 N–H and O–H groups in total. The Bertz CT molecular complexity index is 657. The zero-order valence-corrected chi connectivity index (χ0v) is 9.81. The number of benzene rings is 1. The van der Waals surface area contributed by atoms with Gasteiger partial charge in [-0.25, -0.2) is 0 Å². The third kappa shape index (κ3) is 1.79. The van der Waals surface area contributed by atoms with Gasteiger partial charge in [-0.15, -0.1) is 10.2 Å². The Morgan fingerprint density at radius 2 is 2.00 bits per heavy atom. The first-order valence-electron chi connectivity index (χ1n) is 5.25. The van der Waals surface area contributed by atoms with Crippen LogP contribution in [0.1, 0.15) is 5.01 Å². The molecule has 0 saturated heterocycles. The largest absolute Gasteiger partial charge is 0.324 e. The van der Waals surface area contributed by atoms with Crippen LogP contribution >= 0.6 is 11.3 Å². The fraction of sp³-hybridized carbons (Fsp3) is 0.0833. The molecule has 2 heterocycles. The summed E-state index contributed by atoms with van der Waals surface area (Å²) in [5.74, 6) is 0. The quantitative estimate of drug-likeness (QED) is 0.748. The van der Waals surface area contributed by atoms with Crippen LogP contribution in [0.4, 0.5) is 0 Å². The lowest BCUT2D eigenvalue weighted by molar-refractivity contribution is 0.960. The van der Waals surface area contributed by atoms with Crippen molar-refractivity contribution in [2.75, 3.05) is 0 Å². The number of hydrogen-bond donors (Lipinski definition) is 1. The van der Waals surface area contributed by atoms with E-state index in [1.54, 1.807) is 6.20 Å². The zero-order valence-electron chi connectivity index (χ0n) is 9.00. The van der Waals surface area contributed by atoms with E-state index < -0.39 is 0 Å². The first-order valence-corrected chi connectivity index (χ1v) is 6.06. The summed E-state index contributed by atoms with van der Waals surface area (Å²) in [5.41, 5.74) is 7.51. The summed E-state index contributed by atoms with van der Waals surface area (Å²) in [5, 5.41) is 11.0. The highest BCUT2D eigenvalue weighted by Gasteiger charge is 2.09. The molecule has 5 heteroatoms. The summed E-state index contributed by atoms with van der Waals surface area (Å²) in [6, 6.07) is 10.0. The Balaban J connectivity index is 2.23. The minimum atomic E-state index is 0.426. The second-order valence-corrected chi connectivity index (χ2v) is 4.65. The second kappa shape index (κ2) is 4.20. The molecule has 0 fully saturated rings. The maximum Gasteiger partial charge on any atom is 0.150 e. The standard InChI is InChI=1S/C12H10N4S/c13-7-10-15-16-12(17-10)9-5-1-3-8-4-2-6-14-11(8)9/h1-6H,7,13H2. The average molecular weight is 242 g/mol. The predicted molar refractivity (Wildman–Crippen MR) is 68.5 cm³/mol. The number of para-hydroxylation sites is 1. The molecule has 3 aromatic rings.